The number of pyridine rings is 1. The van der Waals surface area contributed by atoms with E-state index in [-0.39, 0.29) is 19.0 Å². The summed E-state index contributed by atoms with van der Waals surface area (Å²) >= 11 is 0. The Morgan fingerprint density at radius 2 is 2.10 bits per heavy atom. The number of nitrogens with one attached hydrogen (secondary N) is 1. The van der Waals surface area contributed by atoms with Crippen LogP contribution >= 0.6 is 0 Å². The number of hydrogen-bond acceptors (Lipinski definition) is 4. The Kier molecular flexibility index (Phi) is 3.78. The van der Waals surface area contributed by atoms with Gasteiger partial charge in [-0.05, 0) is 25.0 Å². The number of hydrogen-bond donors (Lipinski definition) is 3. The molecule has 3 N–H and O–H groups in total. The summed E-state index contributed by atoms with van der Waals surface area (Å²) in [7, 11) is 0. The Hall–Kier alpha value is -2.31. The third kappa shape index (κ3) is 2.81. The third-order valence-corrected chi connectivity index (χ3v) is 3.39. The van der Waals surface area contributed by atoms with Crippen LogP contribution in [-0.4, -0.2) is 50.8 Å². The van der Waals surface area contributed by atoms with Crippen molar-refractivity contribution in [1.82, 2.24) is 9.88 Å². The Labute approximate surface area is 116 Å². The maximum Gasteiger partial charge on any atom is 0.408 e. The van der Waals surface area contributed by atoms with E-state index in [1.165, 1.54) is 0 Å². The van der Waals surface area contributed by atoms with Crippen LogP contribution < -0.4 is 5.32 Å². The third-order valence-electron chi connectivity index (χ3n) is 3.39. The Morgan fingerprint density at radius 3 is 2.60 bits per heavy atom. The monoisotopic (exact) mass is 279 g/mol. The molecule has 108 valence electrons. The lowest BCUT2D eigenvalue weighted by Gasteiger charge is -2.17. The number of amides is 1. The van der Waals surface area contributed by atoms with Crippen molar-refractivity contribution in [2.45, 2.75) is 32.4 Å². The van der Waals surface area contributed by atoms with Crippen LogP contribution in [0.5, 0.6) is 0 Å². The van der Waals surface area contributed by atoms with Gasteiger partial charge in [-0.15, -0.1) is 0 Å². The number of aryl methyl sites for hydroxylation is 2. The molecule has 0 bridgehead atoms. The summed E-state index contributed by atoms with van der Waals surface area (Å²) in [6, 6.07) is 0.713. The molecule has 7 nitrogen and oxygen atoms in total. The average Bonchev–Trinajstić information content (AvgIpc) is 2.77. The first kappa shape index (κ1) is 14.1. The van der Waals surface area contributed by atoms with Crippen molar-refractivity contribution in [2.75, 3.05) is 11.9 Å². The summed E-state index contributed by atoms with van der Waals surface area (Å²) in [5.74, 6) is -0.456. The molecular formula is C13H17N3O4. The minimum atomic E-state index is -1.21. The van der Waals surface area contributed by atoms with Crippen molar-refractivity contribution in [3.05, 3.63) is 23.4 Å². The maximum atomic E-state index is 11.1. The molecule has 1 aromatic rings. The molecule has 1 aromatic heterocycles. The fourth-order valence-corrected chi connectivity index (χ4v) is 2.45. The van der Waals surface area contributed by atoms with Gasteiger partial charge in [0.1, 0.15) is 11.9 Å². The summed E-state index contributed by atoms with van der Waals surface area (Å²) in [4.78, 5) is 27.3. The zero-order valence-corrected chi connectivity index (χ0v) is 11.3. The zero-order chi connectivity index (χ0) is 14.9. The highest BCUT2D eigenvalue weighted by molar-refractivity contribution is 5.80. The van der Waals surface area contributed by atoms with Crippen molar-refractivity contribution in [2.24, 2.45) is 0 Å². The highest BCUT2D eigenvalue weighted by Gasteiger charge is 2.39. The van der Waals surface area contributed by atoms with E-state index in [1.54, 1.807) is 6.20 Å². The second-order valence-electron chi connectivity index (χ2n) is 5.04. The van der Waals surface area contributed by atoms with Gasteiger partial charge in [-0.2, -0.15) is 0 Å². The fraction of sp³-hybridized carbons (Fsp3) is 0.462. The topological polar surface area (TPSA) is 103 Å². The van der Waals surface area contributed by atoms with Gasteiger partial charge in [-0.1, -0.05) is 6.07 Å². The van der Waals surface area contributed by atoms with Crippen molar-refractivity contribution in [3.8, 4) is 0 Å². The number of nitrogens with zero attached hydrogens (tertiary/aromatic N) is 2. The number of anilines is 1. The summed E-state index contributed by atoms with van der Waals surface area (Å²) < 4.78 is 0. The SMILES string of the molecule is Cc1cnc(N[C@H]2C[C@@H](C(=O)O)N(C(=O)O)C2)c(C)c1. The summed E-state index contributed by atoms with van der Waals surface area (Å²) in [5.41, 5.74) is 1.99. The van der Waals surface area contributed by atoms with E-state index in [2.05, 4.69) is 10.3 Å². The molecule has 2 rings (SSSR count). The van der Waals surface area contributed by atoms with E-state index < -0.39 is 18.1 Å². The van der Waals surface area contributed by atoms with E-state index in [4.69, 9.17) is 10.2 Å². The normalized spacial score (nSPS) is 21.8. The van der Waals surface area contributed by atoms with Crippen LogP contribution in [0.1, 0.15) is 17.5 Å². The molecule has 2 atom stereocenters. The number of rotatable bonds is 3. The van der Waals surface area contributed by atoms with Gasteiger partial charge >= 0.3 is 12.1 Å². The number of carboxylic acid groups (broad SMARTS) is 2. The van der Waals surface area contributed by atoms with Gasteiger partial charge < -0.3 is 15.5 Å². The molecule has 0 aliphatic carbocycles. The van der Waals surface area contributed by atoms with Gasteiger partial charge in [-0.25, -0.2) is 14.6 Å². The van der Waals surface area contributed by atoms with Gasteiger partial charge in [0, 0.05) is 25.2 Å². The van der Waals surface area contributed by atoms with Gasteiger partial charge in [0.05, 0.1) is 0 Å². The predicted molar refractivity (Wildman–Crippen MR) is 71.9 cm³/mol. The molecule has 1 aliphatic heterocycles. The van der Waals surface area contributed by atoms with Crippen LogP contribution in [0.2, 0.25) is 0 Å². The summed E-state index contributed by atoms with van der Waals surface area (Å²) in [5, 5.41) is 21.2. The van der Waals surface area contributed by atoms with Crippen molar-refractivity contribution in [1.29, 1.82) is 0 Å². The molecule has 7 heteroatoms. The molecule has 0 spiro atoms. The van der Waals surface area contributed by atoms with Crippen LogP contribution in [0.25, 0.3) is 0 Å². The minimum absolute atomic E-state index is 0.140. The zero-order valence-electron chi connectivity index (χ0n) is 11.3. The lowest BCUT2D eigenvalue weighted by Crippen LogP contribution is -2.39. The number of likely N-dealkylation sites (tertiary alicyclic amines) is 1. The van der Waals surface area contributed by atoms with Gasteiger partial charge in [0.15, 0.2) is 0 Å². The van der Waals surface area contributed by atoms with Crippen molar-refractivity contribution >= 4 is 17.9 Å². The quantitative estimate of drug-likeness (QED) is 0.771. The van der Waals surface area contributed by atoms with Crippen molar-refractivity contribution in [3.63, 3.8) is 0 Å². The van der Waals surface area contributed by atoms with E-state index in [1.807, 2.05) is 19.9 Å². The number of aromatic nitrogens is 1. The van der Waals surface area contributed by atoms with Crippen LogP contribution in [0.15, 0.2) is 12.3 Å². The van der Waals surface area contributed by atoms with Crippen LogP contribution in [0, 0.1) is 13.8 Å². The summed E-state index contributed by atoms with van der Waals surface area (Å²) in [6.07, 6.45) is 0.736. The number of carbonyl (C=O) groups is 2. The smallest absolute Gasteiger partial charge is 0.408 e. The fourth-order valence-electron chi connectivity index (χ4n) is 2.45. The largest absolute Gasteiger partial charge is 0.480 e. The van der Waals surface area contributed by atoms with Crippen molar-refractivity contribution < 1.29 is 19.8 Å². The molecule has 20 heavy (non-hydrogen) atoms. The molecule has 1 saturated heterocycles. The first-order chi connectivity index (χ1) is 9.38. The van der Waals surface area contributed by atoms with Gasteiger partial charge in [-0.3, -0.25) is 4.90 Å². The molecule has 2 heterocycles. The number of carboxylic acids is 1. The van der Waals surface area contributed by atoms with E-state index in [0.717, 1.165) is 16.0 Å². The molecular weight excluding hydrogens is 262 g/mol. The Bertz CT molecular complexity index is 524. The maximum absolute atomic E-state index is 11.1. The highest BCUT2D eigenvalue weighted by Crippen LogP contribution is 2.22. The molecule has 0 radical (unpaired) electrons. The second-order valence-corrected chi connectivity index (χ2v) is 5.04. The highest BCUT2D eigenvalue weighted by atomic mass is 16.4. The standard InChI is InChI=1S/C13H17N3O4/c1-7-3-8(2)11(14-5-7)15-9-4-10(12(17)18)16(6-9)13(19)20/h3,5,9-10H,4,6H2,1-2H3,(H,14,15)(H,17,18)(H,19,20)/t9-,10-/m0/s1. The molecule has 0 saturated carbocycles. The van der Waals surface area contributed by atoms with Gasteiger partial charge in [0.2, 0.25) is 0 Å². The first-order valence-electron chi connectivity index (χ1n) is 6.30. The first-order valence-corrected chi connectivity index (χ1v) is 6.30. The second kappa shape index (κ2) is 5.36. The summed E-state index contributed by atoms with van der Waals surface area (Å²) in [6.45, 7) is 3.98. The number of aliphatic carboxylic acids is 1. The Balaban J connectivity index is 2.11. The molecule has 0 unspecified atom stereocenters. The van der Waals surface area contributed by atoms with Crippen LogP contribution in [-0.2, 0) is 4.79 Å². The lowest BCUT2D eigenvalue weighted by atomic mass is 10.1. The van der Waals surface area contributed by atoms with Gasteiger partial charge in [0.25, 0.3) is 0 Å². The van der Waals surface area contributed by atoms with Crippen LogP contribution in [0.4, 0.5) is 10.6 Å². The predicted octanol–water partition coefficient (Wildman–Crippen LogP) is 1.32. The average molecular weight is 279 g/mol. The van der Waals surface area contributed by atoms with E-state index in [0.29, 0.717) is 5.82 Å². The Morgan fingerprint density at radius 1 is 1.40 bits per heavy atom. The minimum Gasteiger partial charge on any atom is -0.480 e. The van der Waals surface area contributed by atoms with E-state index in [9.17, 15) is 9.59 Å². The molecule has 1 amide bonds. The molecule has 1 fully saturated rings. The van der Waals surface area contributed by atoms with E-state index >= 15 is 0 Å². The van der Waals surface area contributed by atoms with Crippen LogP contribution in [0.3, 0.4) is 0 Å². The lowest BCUT2D eigenvalue weighted by molar-refractivity contribution is -0.141. The molecule has 0 aromatic carbocycles. The molecule has 1 aliphatic rings.